The van der Waals surface area contributed by atoms with E-state index in [-0.39, 0.29) is 11.9 Å². The van der Waals surface area contributed by atoms with Gasteiger partial charge in [0.2, 0.25) is 0 Å². The van der Waals surface area contributed by atoms with E-state index in [1.54, 1.807) is 6.07 Å². The van der Waals surface area contributed by atoms with Gasteiger partial charge in [-0.2, -0.15) is 0 Å². The first kappa shape index (κ1) is 15.9. The third-order valence-electron chi connectivity index (χ3n) is 3.63. The van der Waals surface area contributed by atoms with Crippen LogP contribution in [-0.4, -0.2) is 37.2 Å². The summed E-state index contributed by atoms with van der Waals surface area (Å²) in [6, 6.07) is 2.97. The summed E-state index contributed by atoms with van der Waals surface area (Å²) >= 11 is 0. The van der Waals surface area contributed by atoms with Gasteiger partial charge >= 0.3 is 0 Å². The number of nitrogens with zero attached hydrogens (tertiary/aromatic N) is 1. The van der Waals surface area contributed by atoms with Crippen LogP contribution in [0.25, 0.3) is 0 Å². The van der Waals surface area contributed by atoms with Crippen molar-refractivity contribution in [2.45, 2.75) is 39.2 Å². The summed E-state index contributed by atoms with van der Waals surface area (Å²) in [4.78, 5) is 2.48. The molecule has 1 aliphatic rings. The Bertz CT molecular complexity index is 459. The molecule has 1 fully saturated rings. The fraction of sp³-hybridized carbons (Fsp3) is 0.625. The van der Waals surface area contributed by atoms with Crippen molar-refractivity contribution >= 4 is 11.4 Å². The minimum absolute atomic E-state index is 0.0638. The van der Waals surface area contributed by atoms with Crippen LogP contribution in [0.5, 0.6) is 5.75 Å². The molecule has 4 nitrogen and oxygen atoms in total. The largest absolute Gasteiger partial charge is 0.488 e. The van der Waals surface area contributed by atoms with Gasteiger partial charge in [-0.15, -0.1) is 0 Å². The molecule has 21 heavy (non-hydrogen) atoms. The predicted molar refractivity (Wildman–Crippen MR) is 85.4 cm³/mol. The molecule has 1 heterocycles. The van der Waals surface area contributed by atoms with Gasteiger partial charge in [-0.25, -0.2) is 4.39 Å². The minimum Gasteiger partial charge on any atom is -0.488 e. The second kappa shape index (κ2) is 7.50. The molecule has 5 heteroatoms. The van der Waals surface area contributed by atoms with Crippen LogP contribution in [0.3, 0.4) is 0 Å². The van der Waals surface area contributed by atoms with Crippen LogP contribution < -0.4 is 15.8 Å². The van der Waals surface area contributed by atoms with Crippen molar-refractivity contribution in [3.8, 4) is 5.75 Å². The van der Waals surface area contributed by atoms with Crippen LogP contribution in [0, 0.1) is 5.82 Å². The Kier molecular flexibility index (Phi) is 5.67. The van der Waals surface area contributed by atoms with Gasteiger partial charge in [0.05, 0.1) is 17.5 Å². The number of likely N-dealkylation sites (tertiary alicyclic amines) is 1. The average Bonchev–Trinajstić information content (AvgIpc) is 2.92. The van der Waals surface area contributed by atoms with Crippen molar-refractivity contribution in [2.75, 3.05) is 37.2 Å². The highest BCUT2D eigenvalue weighted by Crippen LogP contribution is 2.28. The maximum Gasteiger partial charge on any atom is 0.167 e. The number of benzene rings is 1. The van der Waals surface area contributed by atoms with E-state index in [4.69, 9.17) is 10.5 Å². The van der Waals surface area contributed by atoms with Crippen LogP contribution in [0.1, 0.15) is 33.1 Å². The number of hydrogen-bond acceptors (Lipinski definition) is 4. The molecule has 1 aromatic rings. The zero-order valence-electron chi connectivity index (χ0n) is 13.0. The predicted octanol–water partition coefficient (Wildman–Crippen LogP) is 3.09. The monoisotopic (exact) mass is 295 g/mol. The first-order chi connectivity index (χ1) is 10.1. The third kappa shape index (κ3) is 4.77. The molecule has 0 aromatic heterocycles. The van der Waals surface area contributed by atoms with Gasteiger partial charge in [0, 0.05) is 18.7 Å². The van der Waals surface area contributed by atoms with Gasteiger partial charge in [-0.1, -0.05) is 0 Å². The van der Waals surface area contributed by atoms with E-state index in [2.05, 4.69) is 10.2 Å². The fourth-order valence-corrected chi connectivity index (χ4v) is 2.60. The molecular weight excluding hydrogens is 269 g/mol. The van der Waals surface area contributed by atoms with Crippen molar-refractivity contribution in [1.82, 2.24) is 4.90 Å². The standard InChI is InChI=1S/C16H26FN3O/c1-12(2)21-16-11-15(14(18)10-13(16)17)19-6-5-9-20-7-3-4-8-20/h10-12,19H,3-9,18H2,1-2H3. The molecule has 0 radical (unpaired) electrons. The summed E-state index contributed by atoms with van der Waals surface area (Å²) in [5.74, 6) is -0.162. The van der Waals surface area contributed by atoms with Crippen molar-refractivity contribution in [3.05, 3.63) is 17.9 Å². The Labute approximate surface area is 126 Å². The molecule has 0 aliphatic carbocycles. The SMILES string of the molecule is CC(C)Oc1cc(NCCCN2CCCC2)c(N)cc1F. The normalized spacial score (nSPS) is 15.6. The van der Waals surface area contributed by atoms with Gasteiger partial charge in [0.25, 0.3) is 0 Å². The second-order valence-electron chi connectivity index (χ2n) is 5.87. The molecule has 0 unspecified atom stereocenters. The van der Waals surface area contributed by atoms with Crippen LogP contribution in [-0.2, 0) is 0 Å². The van der Waals surface area contributed by atoms with E-state index in [0.29, 0.717) is 5.69 Å². The van der Waals surface area contributed by atoms with Gasteiger partial charge in [0.15, 0.2) is 11.6 Å². The Morgan fingerprint density at radius 1 is 1.33 bits per heavy atom. The summed E-state index contributed by atoms with van der Waals surface area (Å²) in [5.41, 5.74) is 7.02. The van der Waals surface area contributed by atoms with Crippen molar-refractivity contribution in [1.29, 1.82) is 0 Å². The van der Waals surface area contributed by atoms with Crippen molar-refractivity contribution in [2.24, 2.45) is 0 Å². The lowest BCUT2D eigenvalue weighted by Gasteiger charge is -2.17. The van der Waals surface area contributed by atoms with Gasteiger partial charge in [-0.05, 0) is 52.7 Å². The van der Waals surface area contributed by atoms with Crippen LogP contribution >= 0.6 is 0 Å². The third-order valence-corrected chi connectivity index (χ3v) is 3.63. The zero-order valence-corrected chi connectivity index (χ0v) is 13.0. The average molecular weight is 295 g/mol. The highest BCUT2D eigenvalue weighted by molar-refractivity contribution is 5.68. The Balaban J connectivity index is 1.86. The fourth-order valence-electron chi connectivity index (χ4n) is 2.60. The topological polar surface area (TPSA) is 50.5 Å². The highest BCUT2D eigenvalue weighted by Gasteiger charge is 2.12. The Hall–Kier alpha value is -1.49. The van der Waals surface area contributed by atoms with Crippen LogP contribution in [0.15, 0.2) is 12.1 Å². The number of nitrogen functional groups attached to an aromatic ring is 1. The van der Waals surface area contributed by atoms with Crippen LogP contribution in [0.4, 0.5) is 15.8 Å². The number of ether oxygens (including phenoxy) is 1. The zero-order chi connectivity index (χ0) is 15.2. The number of nitrogens with two attached hydrogens (primary N) is 1. The number of rotatable bonds is 7. The Morgan fingerprint density at radius 3 is 2.71 bits per heavy atom. The smallest absolute Gasteiger partial charge is 0.167 e. The van der Waals surface area contributed by atoms with E-state index in [1.807, 2.05) is 13.8 Å². The second-order valence-corrected chi connectivity index (χ2v) is 5.87. The lowest BCUT2D eigenvalue weighted by molar-refractivity contribution is 0.231. The molecule has 0 atom stereocenters. The maximum atomic E-state index is 13.7. The van der Waals surface area contributed by atoms with E-state index >= 15 is 0 Å². The van der Waals surface area contributed by atoms with E-state index in [1.165, 1.54) is 32.0 Å². The molecule has 2 rings (SSSR count). The number of nitrogens with one attached hydrogen (secondary N) is 1. The molecule has 0 spiro atoms. The summed E-state index contributed by atoms with van der Waals surface area (Å²) in [6.07, 6.45) is 3.62. The molecule has 1 saturated heterocycles. The first-order valence-corrected chi connectivity index (χ1v) is 7.78. The molecule has 0 amide bonds. The molecule has 0 bridgehead atoms. The molecule has 0 saturated carbocycles. The molecule has 3 N–H and O–H groups in total. The number of anilines is 2. The summed E-state index contributed by atoms with van der Waals surface area (Å²) < 4.78 is 19.2. The summed E-state index contributed by atoms with van der Waals surface area (Å²) in [5, 5.41) is 3.28. The lowest BCUT2D eigenvalue weighted by Crippen LogP contribution is -2.22. The molecule has 118 valence electrons. The van der Waals surface area contributed by atoms with Crippen LogP contribution in [0.2, 0.25) is 0 Å². The van der Waals surface area contributed by atoms with Crippen molar-refractivity contribution < 1.29 is 9.13 Å². The molecule has 1 aliphatic heterocycles. The number of halogens is 1. The minimum atomic E-state index is -0.413. The maximum absolute atomic E-state index is 13.7. The lowest BCUT2D eigenvalue weighted by atomic mass is 10.2. The van der Waals surface area contributed by atoms with Gasteiger partial charge < -0.3 is 20.7 Å². The summed E-state index contributed by atoms with van der Waals surface area (Å²) in [7, 11) is 0. The summed E-state index contributed by atoms with van der Waals surface area (Å²) in [6.45, 7) is 8.10. The van der Waals surface area contributed by atoms with Crippen molar-refractivity contribution in [3.63, 3.8) is 0 Å². The quantitative estimate of drug-likeness (QED) is 0.599. The highest BCUT2D eigenvalue weighted by atomic mass is 19.1. The first-order valence-electron chi connectivity index (χ1n) is 7.78. The van der Waals surface area contributed by atoms with E-state index < -0.39 is 5.82 Å². The Morgan fingerprint density at radius 2 is 2.05 bits per heavy atom. The van der Waals surface area contributed by atoms with E-state index in [0.717, 1.165) is 25.2 Å². The molecular formula is C16H26FN3O. The van der Waals surface area contributed by atoms with Gasteiger partial charge in [-0.3, -0.25) is 0 Å². The van der Waals surface area contributed by atoms with E-state index in [9.17, 15) is 4.39 Å². The molecule has 1 aromatic carbocycles. The number of hydrogen-bond donors (Lipinski definition) is 2. The van der Waals surface area contributed by atoms with Gasteiger partial charge in [0.1, 0.15) is 0 Å².